The molecule has 43 heavy (non-hydrogen) atoms. The largest absolute Gasteiger partial charge is 0.497 e. The Labute approximate surface area is 261 Å². The zero-order chi connectivity index (χ0) is 30.4. The zero-order valence-corrected chi connectivity index (χ0v) is 25.8. The van der Waals surface area contributed by atoms with Crippen molar-refractivity contribution in [1.29, 1.82) is 0 Å². The molecular weight excluding hydrogens is 608 g/mol. The van der Waals surface area contributed by atoms with Crippen molar-refractivity contribution >= 4 is 69.5 Å². The lowest BCUT2D eigenvalue weighted by molar-refractivity contribution is -0.122. The lowest BCUT2D eigenvalue weighted by Gasteiger charge is -2.31. The first-order valence-corrected chi connectivity index (χ1v) is 15.5. The summed E-state index contributed by atoms with van der Waals surface area (Å²) in [6.45, 7) is -0.242. The van der Waals surface area contributed by atoms with Crippen LogP contribution in [0.2, 0.25) is 5.02 Å². The first kappa shape index (κ1) is 29.0. The van der Waals surface area contributed by atoms with Crippen molar-refractivity contribution in [2.24, 2.45) is 5.92 Å². The lowest BCUT2D eigenvalue weighted by Crippen LogP contribution is -2.33. The van der Waals surface area contributed by atoms with Crippen molar-refractivity contribution in [3.05, 3.63) is 97.9 Å². The van der Waals surface area contributed by atoms with Crippen LogP contribution in [0, 0.1) is 5.92 Å². The number of nitrogens with one attached hydrogen (secondary N) is 1. The quantitative estimate of drug-likeness (QED) is 0.283. The van der Waals surface area contributed by atoms with E-state index >= 15 is 0 Å². The van der Waals surface area contributed by atoms with E-state index in [4.69, 9.17) is 16.3 Å². The molecule has 3 amide bonds. The van der Waals surface area contributed by atoms with Crippen LogP contribution < -0.4 is 24.7 Å². The molecule has 2 aliphatic rings. The third-order valence-corrected chi connectivity index (χ3v) is 10.4. The van der Waals surface area contributed by atoms with Crippen LogP contribution in [0.25, 0.3) is 0 Å². The molecule has 0 saturated carbocycles. The number of carbonyl (C=O) groups excluding carboxylic acids is 3. The number of nitrogens with zero attached hydrogens (tertiary/aromatic N) is 3. The van der Waals surface area contributed by atoms with Crippen LogP contribution in [-0.2, 0) is 20.9 Å². The molecule has 4 aromatic rings. The smallest absolute Gasteiger partial charge is 0.308 e. The van der Waals surface area contributed by atoms with Crippen LogP contribution in [0.15, 0.2) is 82.6 Å². The van der Waals surface area contributed by atoms with Gasteiger partial charge in [-0.2, -0.15) is 0 Å². The van der Waals surface area contributed by atoms with Crippen molar-refractivity contribution in [2.45, 2.75) is 22.7 Å². The number of ether oxygens (including phenoxy) is 1. The fourth-order valence-corrected chi connectivity index (χ4v) is 8.36. The lowest BCUT2D eigenvalue weighted by atomic mass is 9.83. The summed E-state index contributed by atoms with van der Waals surface area (Å²) in [5.41, 5.74) is 2.79. The van der Waals surface area contributed by atoms with Crippen LogP contribution in [0.5, 0.6) is 5.75 Å². The van der Waals surface area contributed by atoms with E-state index in [2.05, 4.69) is 5.32 Å². The fourth-order valence-electron chi connectivity index (χ4n) is 5.46. The van der Waals surface area contributed by atoms with E-state index in [-0.39, 0.29) is 23.2 Å². The topological polar surface area (TPSA) is 101 Å². The molecule has 1 saturated heterocycles. The summed E-state index contributed by atoms with van der Waals surface area (Å²) in [4.78, 5) is 57.9. The summed E-state index contributed by atoms with van der Waals surface area (Å²) in [6, 6.07) is 21.2. The van der Waals surface area contributed by atoms with Gasteiger partial charge in [0.15, 0.2) is 0 Å². The third kappa shape index (κ3) is 5.32. The van der Waals surface area contributed by atoms with Gasteiger partial charge < -0.3 is 15.0 Å². The number of hydrogen-bond acceptors (Lipinski definition) is 8. The van der Waals surface area contributed by atoms with E-state index in [1.165, 1.54) is 21.2 Å². The van der Waals surface area contributed by atoms with Gasteiger partial charge in [-0.1, -0.05) is 46.8 Å². The third-order valence-electron chi connectivity index (χ3n) is 7.58. The molecule has 6 rings (SSSR count). The Morgan fingerprint density at radius 3 is 2.26 bits per heavy atom. The molecule has 1 aromatic heterocycles. The Bertz CT molecular complexity index is 1770. The van der Waals surface area contributed by atoms with Crippen molar-refractivity contribution in [3.8, 4) is 5.75 Å². The normalized spacial score (nSPS) is 19.2. The number of methoxy groups -OCH3 is 1. The minimum atomic E-state index is -0.778. The number of anilines is 3. The highest BCUT2D eigenvalue weighted by Crippen LogP contribution is 2.54. The number of carbonyl (C=O) groups is 3. The number of aromatic nitrogens is 1. The zero-order valence-electron chi connectivity index (χ0n) is 23.4. The van der Waals surface area contributed by atoms with Gasteiger partial charge in [-0.3, -0.25) is 23.7 Å². The number of amides is 3. The highest BCUT2D eigenvalue weighted by Gasteiger charge is 2.56. The monoisotopic (exact) mass is 634 g/mol. The Morgan fingerprint density at radius 1 is 0.953 bits per heavy atom. The Balaban J connectivity index is 1.40. The first-order valence-electron chi connectivity index (χ1n) is 13.4. The second-order valence-electron chi connectivity index (χ2n) is 10.4. The van der Waals surface area contributed by atoms with Gasteiger partial charge in [0.2, 0.25) is 17.7 Å². The van der Waals surface area contributed by atoms with Crippen LogP contribution in [0.1, 0.15) is 16.4 Å². The molecule has 0 aliphatic carbocycles. The maximum absolute atomic E-state index is 14.1. The molecule has 1 fully saturated rings. The Kier molecular flexibility index (Phi) is 7.80. The van der Waals surface area contributed by atoms with E-state index in [1.54, 1.807) is 55.6 Å². The molecule has 0 bridgehead atoms. The number of halogens is 1. The molecule has 0 radical (unpaired) electrons. The molecule has 0 spiro atoms. The highest BCUT2D eigenvalue weighted by atomic mass is 35.5. The summed E-state index contributed by atoms with van der Waals surface area (Å²) in [7, 11) is 5.42. The molecule has 3 aromatic carbocycles. The summed E-state index contributed by atoms with van der Waals surface area (Å²) >= 11 is 8.15. The maximum atomic E-state index is 14.1. The van der Waals surface area contributed by atoms with Crippen LogP contribution in [0.3, 0.4) is 0 Å². The minimum absolute atomic E-state index is 0.242. The van der Waals surface area contributed by atoms with Gasteiger partial charge in [0.25, 0.3) is 0 Å². The SMILES string of the molecule is COc1ccc(N2C(=O)C3Sc4c(sc(=O)n4CC(=O)Nc4ccc(Cl)cc4)C(c4ccc(N(C)C)cc4)C3C2=O)cc1. The van der Waals surface area contributed by atoms with Crippen molar-refractivity contribution in [3.63, 3.8) is 0 Å². The molecule has 12 heteroatoms. The van der Waals surface area contributed by atoms with E-state index in [1.807, 2.05) is 43.3 Å². The average Bonchev–Trinajstić information content (AvgIpc) is 3.44. The van der Waals surface area contributed by atoms with Gasteiger partial charge >= 0.3 is 4.87 Å². The number of rotatable bonds is 7. The maximum Gasteiger partial charge on any atom is 0.308 e. The Morgan fingerprint density at radius 2 is 1.63 bits per heavy atom. The van der Waals surface area contributed by atoms with Gasteiger partial charge in [0.05, 0.1) is 23.7 Å². The summed E-state index contributed by atoms with van der Waals surface area (Å²) < 4.78 is 6.65. The average molecular weight is 635 g/mol. The highest BCUT2D eigenvalue weighted by molar-refractivity contribution is 8.00. The van der Waals surface area contributed by atoms with Gasteiger partial charge in [0.1, 0.15) is 17.5 Å². The fraction of sp³-hybridized carbons (Fsp3) is 0.226. The van der Waals surface area contributed by atoms with E-state index in [9.17, 15) is 19.2 Å². The molecule has 1 N–H and O–H groups in total. The minimum Gasteiger partial charge on any atom is -0.497 e. The van der Waals surface area contributed by atoms with E-state index < -0.39 is 23.0 Å². The number of thioether (sulfide) groups is 1. The number of thiazole rings is 1. The number of imide groups is 1. The molecular formula is C31H27ClN4O5S2. The number of hydrogen-bond donors (Lipinski definition) is 1. The van der Waals surface area contributed by atoms with Crippen molar-refractivity contribution in [2.75, 3.05) is 36.3 Å². The summed E-state index contributed by atoms with van der Waals surface area (Å²) in [5, 5.41) is 3.09. The first-order chi connectivity index (χ1) is 20.7. The number of fused-ring (bicyclic) bond motifs is 2. The molecule has 3 atom stereocenters. The molecule has 3 unspecified atom stereocenters. The molecule has 9 nitrogen and oxygen atoms in total. The molecule has 2 aliphatic heterocycles. The Hall–Kier alpha value is -4.06. The van der Waals surface area contributed by atoms with Gasteiger partial charge in [-0.25, -0.2) is 4.90 Å². The van der Waals surface area contributed by atoms with Gasteiger partial charge in [-0.05, 0) is 66.2 Å². The second-order valence-corrected chi connectivity index (χ2v) is 13.0. The van der Waals surface area contributed by atoms with E-state index in [0.29, 0.717) is 32.1 Å². The van der Waals surface area contributed by atoms with Gasteiger partial charge in [-0.15, -0.1) is 0 Å². The van der Waals surface area contributed by atoms with Crippen molar-refractivity contribution < 1.29 is 19.1 Å². The van der Waals surface area contributed by atoms with Crippen LogP contribution >= 0.6 is 34.7 Å². The predicted octanol–water partition coefficient (Wildman–Crippen LogP) is 5.07. The summed E-state index contributed by atoms with van der Waals surface area (Å²) in [5.74, 6) is -1.75. The summed E-state index contributed by atoms with van der Waals surface area (Å²) in [6.07, 6.45) is 0. The van der Waals surface area contributed by atoms with Crippen LogP contribution in [0.4, 0.5) is 17.1 Å². The molecule has 220 valence electrons. The van der Waals surface area contributed by atoms with Crippen molar-refractivity contribution in [1.82, 2.24) is 4.57 Å². The van der Waals surface area contributed by atoms with E-state index in [0.717, 1.165) is 22.6 Å². The predicted molar refractivity (Wildman–Crippen MR) is 170 cm³/mol. The standard InChI is InChI=1S/C31H27ClN4O5S2/c1-34(2)20-10-4-17(5-11-20)24-25-26(29(39)36(28(25)38)21-12-14-22(41-3)15-13-21)42-30-27(24)43-31(40)35(30)16-23(37)33-19-8-6-18(32)7-9-19/h4-15,24-26H,16H2,1-3H3,(H,33,37). The number of benzene rings is 3. The van der Waals surface area contributed by atoms with Crippen LogP contribution in [-0.4, -0.2) is 48.7 Å². The van der Waals surface area contributed by atoms with Gasteiger partial charge in [0, 0.05) is 41.3 Å². The second kappa shape index (κ2) is 11.6. The molecule has 3 heterocycles.